The fourth-order valence-electron chi connectivity index (χ4n) is 2.46. The Morgan fingerprint density at radius 2 is 2.14 bits per heavy atom. The first-order chi connectivity index (χ1) is 10.1. The summed E-state index contributed by atoms with van der Waals surface area (Å²) in [6.45, 7) is 1.85. The van der Waals surface area contributed by atoms with Gasteiger partial charge in [0.25, 0.3) is 0 Å². The van der Waals surface area contributed by atoms with Crippen molar-refractivity contribution in [3.05, 3.63) is 52.6 Å². The molecule has 1 aromatic heterocycles. The Morgan fingerprint density at radius 1 is 1.33 bits per heavy atom. The molecule has 0 radical (unpaired) electrons. The minimum absolute atomic E-state index is 0.243. The summed E-state index contributed by atoms with van der Waals surface area (Å²) in [7, 11) is 0. The van der Waals surface area contributed by atoms with Crippen LogP contribution in [-0.2, 0) is 0 Å². The maximum atomic E-state index is 13.5. The van der Waals surface area contributed by atoms with Crippen LogP contribution < -0.4 is 5.73 Å². The number of rotatable bonds is 2. The molecule has 2 N–H and O–H groups in total. The van der Waals surface area contributed by atoms with E-state index in [0.29, 0.717) is 33.9 Å². The van der Waals surface area contributed by atoms with Crippen LogP contribution in [0.3, 0.4) is 0 Å². The summed E-state index contributed by atoms with van der Waals surface area (Å²) < 4.78 is 13.5. The summed E-state index contributed by atoms with van der Waals surface area (Å²) in [5.74, 6) is -0.243. The molecule has 2 aromatic rings. The largest absolute Gasteiger partial charge is 0.323 e. The number of aromatic nitrogens is 2. The fraction of sp³-hybridized carbons (Fsp3) is 0.250. The van der Waals surface area contributed by atoms with Gasteiger partial charge in [0.1, 0.15) is 11.3 Å². The Bertz CT molecular complexity index is 765. The summed E-state index contributed by atoms with van der Waals surface area (Å²) in [6, 6.07) is 5.15. The second kappa shape index (κ2) is 5.54. The van der Waals surface area contributed by atoms with E-state index in [1.165, 1.54) is 6.08 Å². The van der Waals surface area contributed by atoms with Crippen molar-refractivity contribution in [1.29, 1.82) is 0 Å². The van der Waals surface area contributed by atoms with E-state index in [0.717, 1.165) is 12.0 Å². The predicted octanol–water partition coefficient (Wildman–Crippen LogP) is 4.33. The molecule has 0 bridgehead atoms. The van der Waals surface area contributed by atoms with Crippen molar-refractivity contribution < 1.29 is 4.39 Å². The van der Waals surface area contributed by atoms with E-state index in [4.69, 9.17) is 17.3 Å². The summed E-state index contributed by atoms with van der Waals surface area (Å²) >= 11 is 6.19. The Labute approximate surface area is 127 Å². The van der Waals surface area contributed by atoms with Crippen molar-refractivity contribution in [1.82, 2.24) is 9.97 Å². The van der Waals surface area contributed by atoms with Gasteiger partial charge in [-0.05, 0) is 49.6 Å². The number of fused-ring (bicyclic) bond motifs is 1. The summed E-state index contributed by atoms with van der Waals surface area (Å²) in [5.41, 5.74) is 9.47. The van der Waals surface area contributed by atoms with Gasteiger partial charge in [-0.3, -0.25) is 0 Å². The number of halogens is 2. The molecule has 1 unspecified atom stereocenters. The lowest BCUT2D eigenvalue weighted by Crippen LogP contribution is -2.13. The second-order valence-electron chi connectivity index (χ2n) is 5.15. The van der Waals surface area contributed by atoms with Crippen LogP contribution in [0.2, 0.25) is 5.02 Å². The highest BCUT2D eigenvalue weighted by atomic mass is 35.5. The third-order valence-electron chi connectivity index (χ3n) is 3.47. The van der Waals surface area contributed by atoms with Crippen molar-refractivity contribution in [2.75, 3.05) is 0 Å². The zero-order valence-corrected chi connectivity index (χ0v) is 12.4. The van der Waals surface area contributed by atoms with Crippen LogP contribution in [0.1, 0.15) is 37.2 Å². The average Bonchev–Trinajstić information content (AvgIpc) is 2.46. The van der Waals surface area contributed by atoms with Gasteiger partial charge in [0.15, 0.2) is 0 Å². The van der Waals surface area contributed by atoms with Crippen LogP contribution >= 0.6 is 11.6 Å². The zero-order valence-electron chi connectivity index (χ0n) is 11.6. The standard InChI is InChI=1S/C16H15ClFN3/c1-9(19)14-15(10-4-2-5-11(18)8-10)21-16-12(17)6-3-7-13(16)20-14/h3,5-9H,2,4,19H2,1H3. The van der Waals surface area contributed by atoms with Crippen molar-refractivity contribution in [2.45, 2.75) is 25.8 Å². The van der Waals surface area contributed by atoms with E-state index in [-0.39, 0.29) is 11.9 Å². The maximum Gasteiger partial charge on any atom is 0.119 e. The van der Waals surface area contributed by atoms with Crippen molar-refractivity contribution in [2.24, 2.45) is 5.73 Å². The third kappa shape index (κ3) is 2.69. The lowest BCUT2D eigenvalue weighted by Gasteiger charge is -2.16. The Morgan fingerprint density at radius 3 is 2.86 bits per heavy atom. The molecule has 0 saturated carbocycles. The average molecular weight is 304 g/mol. The first-order valence-electron chi connectivity index (χ1n) is 6.84. The van der Waals surface area contributed by atoms with Gasteiger partial charge in [-0.2, -0.15) is 0 Å². The van der Waals surface area contributed by atoms with Gasteiger partial charge >= 0.3 is 0 Å². The number of nitrogens with zero attached hydrogens (tertiary/aromatic N) is 2. The molecule has 1 aliphatic rings. The lowest BCUT2D eigenvalue weighted by atomic mass is 9.97. The van der Waals surface area contributed by atoms with E-state index in [1.807, 2.05) is 19.1 Å². The zero-order chi connectivity index (χ0) is 15.0. The molecule has 0 aliphatic heterocycles. The summed E-state index contributed by atoms with van der Waals surface area (Å²) in [5, 5.41) is 0.532. The van der Waals surface area contributed by atoms with Crippen LogP contribution in [0.5, 0.6) is 0 Å². The van der Waals surface area contributed by atoms with Gasteiger partial charge in [0.05, 0.1) is 21.9 Å². The molecule has 3 nitrogen and oxygen atoms in total. The summed E-state index contributed by atoms with van der Waals surface area (Å²) in [4.78, 5) is 9.20. The van der Waals surface area contributed by atoms with E-state index < -0.39 is 0 Å². The van der Waals surface area contributed by atoms with Gasteiger partial charge in [0.2, 0.25) is 0 Å². The van der Waals surface area contributed by atoms with E-state index >= 15 is 0 Å². The molecule has 1 heterocycles. The molecule has 1 aliphatic carbocycles. The first-order valence-corrected chi connectivity index (χ1v) is 7.22. The number of hydrogen-bond donors (Lipinski definition) is 1. The minimum Gasteiger partial charge on any atom is -0.323 e. The maximum absolute atomic E-state index is 13.5. The molecule has 0 saturated heterocycles. The molecular formula is C16H15ClFN3. The highest BCUT2D eigenvalue weighted by Gasteiger charge is 2.18. The van der Waals surface area contributed by atoms with Crippen molar-refractivity contribution in [3.8, 4) is 0 Å². The van der Waals surface area contributed by atoms with Crippen LogP contribution in [0, 0.1) is 0 Å². The highest BCUT2D eigenvalue weighted by molar-refractivity contribution is 6.34. The molecule has 5 heteroatoms. The van der Waals surface area contributed by atoms with E-state index in [9.17, 15) is 4.39 Å². The topological polar surface area (TPSA) is 51.8 Å². The van der Waals surface area contributed by atoms with Gasteiger partial charge in [-0.1, -0.05) is 17.7 Å². The number of allylic oxidation sites excluding steroid dienone is 4. The molecule has 0 amide bonds. The molecule has 0 fully saturated rings. The smallest absolute Gasteiger partial charge is 0.119 e. The van der Waals surface area contributed by atoms with E-state index in [2.05, 4.69) is 9.97 Å². The molecule has 0 spiro atoms. The van der Waals surface area contributed by atoms with Crippen LogP contribution in [0.25, 0.3) is 16.6 Å². The molecular weight excluding hydrogens is 289 g/mol. The number of para-hydroxylation sites is 1. The van der Waals surface area contributed by atoms with Crippen molar-refractivity contribution in [3.63, 3.8) is 0 Å². The Kier molecular flexibility index (Phi) is 3.74. The molecule has 21 heavy (non-hydrogen) atoms. The summed E-state index contributed by atoms with van der Waals surface area (Å²) in [6.07, 6.45) is 4.44. The number of hydrogen-bond acceptors (Lipinski definition) is 3. The Hall–Kier alpha value is -1.78. The lowest BCUT2D eigenvalue weighted by molar-refractivity contribution is 0.654. The van der Waals surface area contributed by atoms with Crippen LogP contribution in [0.4, 0.5) is 4.39 Å². The van der Waals surface area contributed by atoms with Crippen LogP contribution in [-0.4, -0.2) is 9.97 Å². The Balaban J connectivity index is 2.27. The van der Waals surface area contributed by atoms with Gasteiger partial charge in [0, 0.05) is 6.04 Å². The van der Waals surface area contributed by atoms with Gasteiger partial charge in [-0.25, -0.2) is 14.4 Å². The monoisotopic (exact) mass is 303 g/mol. The fourth-order valence-corrected chi connectivity index (χ4v) is 2.67. The minimum atomic E-state index is -0.286. The number of benzene rings is 1. The van der Waals surface area contributed by atoms with E-state index in [1.54, 1.807) is 12.1 Å². The second-order valence-corrected chi connectivity index (χ2v) is 5.56. The molecule has 3 rings (SSSR count). The molecule has 1 aromatic carbocycles. The number of nitrogens with two attached hydrogens (primary N) is 1. The first kappa shape index (κ1) is 14.2. The quantitative estimate of drug-likeness (QED) is 0.898. The highest BCUT2D eigenvalue weighted by Crippen LogP contribution is 2.31. The predicted molar refractivity (Wildman–Crippen MR) is 83.6 cm³/mol. The molecule has 1 atom stereocenters. The van der Waals surface area contributed by atoms with Gasteiger partial charge < -0.3 is 5.73 Å². The van der Waals surface area contributed by atoms with Gasteiger partial charge in [-0.15, -0.1) is 0 Å². The normalized spacial score (nSPS) is 16.6. The SMILES string of the molecule is CC(N)c1nc2cccc(Cl)c2nc1C1=CC(F)=CCC1. The molecule has 108 valence electrons. The van der Waals surface area contributed by atoms with Crippen LogP contribution in [0.15, 0.2) is 36.2 Å². The third-order valence-corrected chi connectivity index (χ3v) is 3.78. The van der Waals surface area contributed by atoms with Crippen molar-refractivity contribution >= 4 is 28.2 Å².